The van der Waals surface area contributed by atoms with Gasteiger partial charge in [0.15, 0.2) is 0 Å². The second kappa shape index (κ2) is 7.92. The van der Waals surface area contributed by atoms with Crippen LogP contribution in [0.5, 0.6) is 0 Å². The maximum absolute atomic E-state index is 12.5. The first kappa shape index (κ1) is 18.6. The Kier molecular flexibility index (Phi) is 5.91. The monoisotopic (exact) mass is 340 g/mol. The summed E-state index contributed by atoms with van der Waals surface area (Å²) in [5, 5.41) is 13.8. The van der Waals surface area contributed by atoms with Crippen LogP contribution >= 0.6 is 0 Å². The third-order valence-electron chi connectivity index (χ3n) is 4.26. The third-order valence-corrected chi connectivity index (χ3v) is 4.26. The van der Waals surface area contributed by atoms with Crippen LogP contribution in [0.4, 0.5) is 5.69 Å². The molecule has 5 nitrogen and oxygen atoms in total. The van der Waals surface area contributed by atoms with Crippen LogP contribution in [0.2, 0.25) is 0 Å². The van der Waals surface area contributed by atoms with Gasteiger partial charge in [-0.05, 0) is 35.1 Å². The van der Waals surface area contributed by atoms with Crippen molar-refractivity contribution in [3.05, 3.63) is 75.3 Å². The first-order valence-corrected chi connectivity index (χ1v) is 8.44. The van der Waals surface area contributed by atoms with Crippen molar-refractivity contribution in [2.75, 3.05) is 0 Å². The quantitative estimate of drug-likeness (QED) is 0.604. The minimum Gasteiger partial charge on any atom is -0.345 e. The van der Waals surface area contributed by atoms with Gasteiger partial charge in [-0.2, -0.15) is 0 Å². The molecule has 0 bridgehead atoms. The number of nitrogens with one attached hydrogen (secondary N) is 1. The van der Waals surface area contributed by atoms with Gasteiger partial charge in [-0.3, -0.25) is 14.9 Å². The number of amides is 1. The van der Waals surface area contributed by atoms with Gasteiger partial charge in [0.2, 0.25) is 0 Å². The Morgan fingerprint density at radius 3 is 1.88 bits per heavy atom. The van der Waals surface area contributed by atoms with Crippen molar-refractivity contribution in [1.29, 1.82) is 0 Å². The maximum atomic E-state index is 12.5. The summed E-state index contributed by atoms with van der Waals surface area (Å²) in [4.78, 5) is 22.7. The number of carbonyl (C=O) groups is 1. The number of hydrogen-bond donors (Lipinski definition) is 1. The summed E-state index contributed by atoms with van der Waals surface area (Å²) in [5.74, 6) is 0.440. The minimum atomic E-state index is -0.477. The van der Waals surface area contributed by atoms with E-state index >= 15 is 0 Å². The lowest BCUT2D eigenvalue weighted by atomic mass is 9.93. The molecule has 2 aromatic rings. The normalized spacial score (nSPS) is 12.2. The molecule has 25 heavy (non-hydrogen) atoms. The average Bonchev–Trinajstić information content (AvgIpc) is 2.59. The topological polar surface area (TPSA) is 72.2 Å². The van der Waals surface area contributed by atoms with Crippen molar-refractivity contribution in [2.24, 2.45) is 5.92 Å². The molecule has 0 aliphatic carbocycles. The molecule has 0 saturated heterocycles. The van der Waals surface area contributed by atoms with Crippen LogP contribution in [0.1, 0.15) is 61.1 Å². The number of benzene rings is 2. The average molecular weight is 340 g/mol. The van der Waals surface area contributed by atoms with Gasteiger partial charge in [-0.15, -0.1) is 0 Å². The highest BCUT2D eigenvalue weighted by atomic mass is 16.6. The molecular formula is C20H24N2O3. The zero-order chi connectivity index (χ0) is 18.6. The summed E-state index contributed by atoms with van der Waals surface area (Å²) in [7, 11) is 0. The number of nitro benzene ring substituents is 1. The fraction of sp³-hybridized carbons (Fsp3) is 0.350. The SMILES string of the molecule is CC(C)c1ccc([C@@H](NC(=O)c2ccc([N+](=O)[O-])cc2)C(C)C)cc1. The van der Waals surface area contributed by atoms with Crippen LogP contribution in [0.25, 0.3) is 0 Å². The fourth-order valence-electron chi connectivity index (χ4n) is 2.68. The predicted octanol–water partition coefficient (Wildman–Crippen LogP) is 4.85. The van der Waals surface area contributed by atoms with E-state index in [1.54, 1.807) is 0 Å². The predicted molar refractivity (Wildman–Crippen MR) is 98.7 cm³/mol. The number of rotatable bonds is 6. The van der Waals surface area contributed by atoms with Crippen molar-refractivity contribution >= 4 is 11.6 Å². The van der Waals surface area contributed by atoms with Crippen LogP contribution in [-0.4, -0.2) is 10.8 Å². The number of carbonyl (C=O) groups excluding carboxylic acids is 1. The highest BCUT2D eigenvalue weighted by Crippen LogP contribution is 2.24. The van der Waals surface area contributed by atoms with Gasteiger partial charge in [0, 0.05) is 17.7 Å². The Bertz CT molecular complexity index is 735. The molecule has 1 N–H and O–H groups in total. The first-order chi connectivity index (χ1) is 11.8. The van der Waals surface area contributed by atoms with E-state index < -0.39 is 4.92 Å². The molecule has 5 heteroatoms. The van der Waals surface area contributed by atoms with Crippen LogP contribution < -0.4 is 5.32 Å². The van der Waals surface area contributed by atoms with Gasteiger partial charge in [-0.1, -0.05) is 52.0 Å². The van der Waals surface area contributed by atoms with E-state index in [-0.39, 0.29) is 23.6 Å². The number of nitro groups is 1. The smallest absolute Gasteiger partial charge is 0.269 e. The number of non-ortho nitro benzene ring substituents is 1. The van der Waals surface area contributed by atoms with Crippen molar-refractivity contribution in [3.63, 3.8) is 0 Å². The van der Waals surface area contributed by atoms with Gasteiger partial charge in [0.1, 0.15) is 0 Å². The zero-order valence-electron chi connectivity index (χ0n) is 15.0. The van der Waals surface area contributed by atoms with Gasteiger partial charge >= 0.3 is 0 Å². The lowest BCUT2D eigenvalue weighted by molar-refractivity contribution is -0.384. The van der Waals surface area contributed by atoms with Crippen LogP contribution in [0.15, 0.2) is 48.5 Å². The molecule has 0 aliphatic heterocycles. The number of nitrogens with zero attached hydrogens (tertiary/aromatic N) is 1. The van der Waals surface area contributed by atoms with Gasteiger partial charge in [-0.25, -0.2) is 0 Å². The Balaban J connectivity index is 2.17. The standard InChI is InChI=1S/C20H24N2O3/c1-13(2)15-5-7-16(8-6-15)19(14(3)4)21-20(23)17-9-11-18(12-10-17)22(24)25/h5-14,19H,1-4H3,(H,21,23)/t19-/m0/s1. The molecule has 0 aromatic heterocycles. The summed E-state index contributed by atoms with van der Waals surface area (Å²) < 4.78 is 0. The highest BCUT2D eigenvalue weighted by Gasteiger charge is 2.20. The Morgan fingerprint density at radius 2 is 1.44 bits per heavy atom. The summed E-state index contributed by atoms with van der Waals surface area (Å²) >= 11 is 0. The molecule has 2 aromatic carbocycles. The molecule has 0 unspecified atom stereocenters. The van der Waals surface area contributed by atoms with E-state index in [4.69, 9.17) is 0 Å². The van der Waals surface area contributed by atoms with Crippen LogP contribution in [0, 0.1) is 16.0 Å². The molecule has 1 atom stereocenters. The summed E-state index contributed by atoms with van der Waals surface area (Å²) in [6.45, 7) is 8.39. The summed E-state index contributed by atoms with van der Waals surface area (Å²) in [6, 6.07) is 13.8. The summed E-state index contributed by atoms with van der Waals surface area (Å²) in [6.07, 6.45) is 0. The molecular weight excluding hydrogens is 316 g/mol. The van der Waals surface area contributed by atoms with E-state index in [0.717, 1.165) is 5.56 Å². The third kappa shape index (κ3) is 4.66. The molecule has 132 valence electrons. The van der Waals surface area contributed by atoms with Crippen molar-refractivity contribution in [2.45, 2.75) is 39.7 Å². The second-order valence-corrected chi connectivity index (χ2v) is 6.82. The lowest BCUT2D eigenvalue weighted by Gasteiger charge is -2.23. The molecule has 0 spiro atoms. The molecule has 0 fully saturated rings. The van der Waals surface area contributed by atoms with E-state index in [9.17, 15) is 14.9 Å². The molecule has 0 radical (unpaired) electrons. The zero-order valence-corrected chi connectivity index (χ0v) is 15.0. The van der Waals surface area contributed by atoms with E-state index in [2.05, 4.69) is 57.3 Å². The van der Waals surface area contributed by atoms with Crippen molar-refractivity contribution < 1.29 is 9.72 Å². The van der Waals surface area contributed by atoms with E-state index in [0.29, 0.717) is 11.5 Å². The molecule has 0 saturated carbocycles. The highest BCUT2D eigenvalue weighted by molar-refractivity contribution is 5.94. The molecule has 2 rings (SSSR count). The van der Waals surface area contributed by atoms with Gasteiger partial charge < -0.3 is 5.32 Å². The van der Waals surface area contributed by atoms with Gasteiger partial charge in [0.05, 0.1) is 11.0 Å². The van der Waals surface area contributed by atoms with Crippen molar-refractivity contribution in [1.82, 2.24) is 5.32 Å². The molecule has 0 aliphatic rings. The number of hydrogen-bond acceptors (Lipinski definition) is 3. The first-order valence-electron chi connectivity index (χ1n) is 8.44. The van der Waals surface area contributed by atoms with E-state index in [1.165, 1.54) is 29.8 Å². The van der Waals surface area contributed by atoms with Crippen LogP contribution in [-0.2, 0) is 0 Å². The van der Waals surface area contributed by atoms with Crippen molar-refractivity contribution in [3.8, 4) is 0 Å². The molecule has 1 amide bonds. The minimum absolute atomic E-state index is 0.0266. The largest absolute Gasteiger partial charge is 0.345 e. The summed E-state index contributed by atoms with van der Waals surface area (Å²) in [5.41, 5.74) is 2.69. The maximum Gasteiger partial charge on any atom is 0.269 e. The Labute approximate surface area is 148 Å². The Morgan fingerprint density at radius 1 is 0.920 bits per heavy atom. The van der Waals surface area contributed by atoms with Crippen LogP contribution in [0.3, 0.4) is 0 Å². The lowest BCUT2D eigenvalue weighted by Crippen LogP contribution is -2.31. The van der Waals surface area contributed by atoms with Gasteiger partial charge in [0.25, 0.3) is 11.6 Å². The van der Waals surface area contributed by atoms with E-state index in [1.807, 2.05) is 0 Å². The fourth-order valence-corrected chi connectivity index (χ4v) is 2.68. The second-order valence-electron chi connectivity index (χ2n) is 6.82. The Hall–Kier alpha value is -2.69. The molecule has 0 heterocycles.